The van der Waals surface area contributed by atoms with Gasteiger partial charge in [0.1, 0.15) is 23.8 Å². The van der Waals surface area contributed by atoms with Crippen LogP contribution in [0.1, 0.15) is 17.8 Å². The molecule has 2 heterocycles. The first-order valence-electron chi connectivity index (χ1n) is 7.69. The van der Waals surface area contributed by atoms with Crippen molar-refractivity contribution in [2.75, 3.05) is 6.61 Å². The molecular formula is C17H14ClF2N5O. The van der Waals surface area contributed by atoms with Gasteiger partial charge < -0.3 is 10.2 Å². The summed E-state index contributed by atoms with van der Waals surface area (Å²) in [6, 6.07) is 6.36. The summed E-state index contributed by atoms with van der Waals surface area (Å²) < 4.78 is 27.0. The van der Waals surface area contributed by atoms with Crippen LogP contribution >= 0.6 is 11.6 Å². The molecule has 0 bridgehead atoms. The zero-order chi connectivity index (χ0) is 18.5. The molecule has 1 aliphatic rings. The van der Waals surface area contributed by atoms with E-state index >= 15 is 0 Å². The Kier molecular flexibility index (Phi) is 5.52. The summed E-state index contributed by atoms with van der Waals surface area (Å²) in [5.74, 6) is -1.15. The zero-order valence-electron chi connectivity index (χ0n) is 13.5. The number of aromatic nitrogens is 2. The highest BCUT2D eigenvalue weighted by atomic mass is 35.5. The molecule has 2 N–H and O–H groups in total. The van der Waals surface area contributed by atoms with Crippen LogP contribution in [0.5, 0.6) is 0 Å². The van der Waals surface area contributed by atoms with Gasteiger partial charge in [0.25, 0.3) is 0 Å². The van der Waals surface area contributed by atoms with E-state index in [2.05, 4.69) is 20.4 Å². The van der Waals surface area contributed by atoms with Crippen molar-refractivity contribution in [1.82, 2.24) is 15.3 Å². The molecule has 1 aliphatic heterocycles. The smallest absolute Gasteiger partial charge is 0.179 e. The molecular weight excluding hydrogens is 364 g/mol. The van der Waals surface area contributed by atoms with Crippen molar-refractivity contribution in [3.05, 3.63) is 70.4 Å². The molecule has 0 saturated carbocycles. The van der Waals surface area contributed by atoms with Gasteiger partial charge in [-0.1, -0.05) is 35.0 Å². The third-order valence-corrected chi connectivity index (χ3v) is 3.84. The molecule has 0 spiro atoms. The van der Waals surface area contributed by atoms with E-state index in [1.54, 1.807) is 18.2 Å². The Balaban J connectivity index is 1.83. The number of allylic oxidation sites excluding steroid dienone is 2. The number of halogens is 3. The maximum Gasteiger partial charge on any atom is 0.179 e. The fourth-order valence-corrected chi connectivity index (χ4v) is 2.38. The number of nitrogens with one attached hydrogen (secondary N) is 2. The van der Waals surface area contributed by atoms with Gasteiger partial charge in [0.05, 0.1) is 11.9 Å². The molecule has 0 unspecified atom stereocenters. The molecule has 0 aliphatic carbocycles. The summed E-state index contributed by atoms with van der Waals surface area (Å²) in [6.07, 6.45) is 2.86. The highest BCUT2D eigenvalue weighted by Gasteiger charge is 2.16. The quantitative estimate of drug-likeness (QED) is 0.598. The molecule has 2 aromatic rings. The number of rotatable bonds is 6. The van der Waals surface area contributed by atoms with Crippen LogP contribution < -0.4 is 5.32 Å². The molecule has 3 rings (SSSR count). The molecule has 26 heavy (non-hydrogen) atoms. The van der Waals surface area contributed by atoms with Crippen LogP contribution in [0.4, 0.5) is 8.78 Å². The van der Waals surface area contributed by atoms with Crippen molar-refractivity contribution in [2.45, 2.75) is 13.0 Å². The molecule has 1 aromatic carbocycles. The SMILES string of the molecule is N=C(/C=C(\NCc1ccccc1F)C1=NOCC1)c1ncc(F)c(Cl)n1. The Bertz CT molecular complexity index is 900. The van der Waals surface area contributed by atoms with Crippen molar-refractivity contribution in [3.8, 4) is 0 Å². The Morgan fingerprint density at radius 3 is 2.81 bits per heavy atom. The number of hydrogen-bond acceptors (Lipinski definition) is 6. The Morgan fingerprint density at radius 1 is 1.31 bits per heavy atom. The summed E-state index contributed by atoms with van der Waals surface area (Å²) in [5, 5.41) is 14.7. The molecule has 1 aromatic heterocycles. The lowest BCUT2D eigenvalue weighted by molar-refractivity contribution is 0.174. The molecule has 0 atom stereocenters. The molecule has 0 radical (unpaired) electrons. The molecule has 0 fully saturated rings. The van der Waals surface area contributed by atoms with Crippen molar-refractivity contribution < 1.29 is 13.6 Å². The number of oxime groups is 1. The van der Waals surface area contributed by atoms with Gasteiger partial charge in [0.2, 0.25) is 0 Å². The Morgan fingerprint density at radius 2 is 2.12 bits per heavy atom. The average Bonchev–Trinajstić information content (AvgIpc) is 3.16. The lowest BCUT2D eigenvalue weighted by atomic mass is 10.1. The second-order valence-electron chi connectivity index (χ2n) is 5.37. The van der Waals surface area contributed by atoms with Gasteiger partial charge >= 0.3 is 0 Å². The Labute approximate surface area is 153 Å². The molecule has 0 saturated heterocycles. The van der Waals surface area contributed by atoms with Crippen LogP contribution in [0.2, 0.25) is 5.15 Å². The summed E-state index contributed by atoms with van der Waals surface area (Å²) in [6.45, 7) is 0.607. The second kappa shape index (κ2) is 8.01. The maximum atomic E-state index is 13.8. The van der Waals surface area contributed by atoms with Gasteiger partial charge in [-0.2, -0.15) is 0 Å². The van der Waals surface area contributed by atoms with Gasteiger partial charge in [-0.05, 0) is 12.1 Å². The highest BCUT2D eigenvalue weighted by molar-refractivity contribution is 6.29. The highest BCUT2D eigenvalue weighted by Crippen LogP contribution is 2.13. The first-order chi connectivity index (χ1) is 12.5. The van der Waals surface area contributed by atoms with Crippen LogP contribution in [0.3, 0.4) is 0 Å². The van der Waals surface area contributed by atoms with Crippen LogP contribution in [-0.4, -0.2) is 28.0 Å². The standard InChI is InChI=1S/C17H14ClF2N5O/c18-16-12(20)9-23-17(24-16)13(21)7-15(14-5-6-26-25-14)22-8-10-3-1-2-4-11(10)19/h1-4,7,9,21-22H,5-6,8H2/b15-7-,21-13?. The lowest BCUT2D eigenvalue weighted by Crippen LogP contribution is -2.22. The number of benzene rings is 1. The third kappa shape index (κ3) is 4.20. The van der Waals surface area contributed by atoms with E-state index in [1.807, 2.05) is 0 Å². The Hall–Kier alpha value is -2.87. The minimum absolute atomic E-state index is 0.0406. The second-order valence-corrected chi connectivity index (χ2v) is 5.73. The molecule has 9 heteroatoms. The van der Waals surface area contributed by atoms with E-state index in [-0.39, 0.29) is 29.1 Å². The summed E-state index contributed by atoms with van der Waals surface area (Å²) in [5.41, 5.74) is 1.42. The monoisotopic (exact) mass is 377 g/mol. The van der Waals surface area contributed by atoms with Crippen LogP contribution in [0.25, 0.3) is 0 Å². The maximum absolute atomic E-state index is 13.8. The topological polar surface area (TPSA) is 83.2 Å². The lowest BCUT2D eigenvalue weighted by Gasteiger charge is -2.11. The number of nitrogens with zero attached hydrogens (tertiary/aromatic N) is 3. The largest absolute Gasteiger partial charge is 0.395 e. The summed E-state index contributed by atoms with van der Waals surface area (Å²) in [4.78, 5) is 12.5. The van der Waals surface area contributed by atoms with Gasteiger partial charge in [0.15, 0.2) is 16.8 Å². The van der Waals surface area contributed by atoms with Crippen molar-refractivity contribution in [3.63, 3.8) is 0 Å². The van der Waals surface area contributed by atoms with E-state index in [9.17, 15) is 8.78 Å². The predicted octanol–water partition coefficient (Wildman–Crippen LogP) is 3.23. The van der Waals surface area contributed by atoms with Gasteiger partial charge in [-0.25, -0.2) is 18.7 Å². The van der Waals surface area contributed by atoms with E-state index in [0.717, 1.165) is 6.20 Å². The first kappa shape index (κ1) is 17.9. The van der Waals surface area contributed by atoms with E-state index < -0.39 is 5.82 Å². The minimum atomic E-state index is -0.765. The van der Waals surface area contributed by atoms with Crippen LogP contribution in [0.15, 0.2) is 47.4 Å². The minimum Gasteiger partial charge on any atom is -0.395 e. The summed E-state index contributed by atoms with van der Waals surface area (Å²) >= 11 is 5.64. The van der Waals surface area contributed by atoms with Crippen molar-refractivity contribution in [1.29, 1.82) is 5.41 Å². The summed E-state index contributed by atoms with van der Waals surface area (Å²) in [7, 11) is 0. The molecule has 0 amide bonds. The van der Waals surface area contributed by atoms with Gasteiger partial charge in [0, 0.05) is 18.5 Å². The fraction of sp³-hybridized carbons (Fsp3) is 0.176. The molecule has 134 valence electrons. The third-order valence-electron chi connectivity index (χ3n) is 3.57. The molecule has 6 nitrogen and oxygen atoms in total. The van der Waals surface area contributed by atoms with Gasteiger partial charge in [-0.3, -0.25) is 5.41 Å². The van der Waals surface area contributed by atoms with Crippen molar-refractivity contribution in [2.24, 2.45) is 5.16 Å². The average molecular weight is 378 g/mol. The fourth-order valence-electron chi connectivity index (χ4n) is 2.25. The van der Waals surface area contributed by atoms with Crippen LogP contribution in [0, 0.1) is 17.0 Å². The number of hydrogen-bond donors (Lipinski definition) is 2. The van der Waals surface area contributed by atoms with E-state index in [4.69, 9.17) is 21.8 Å². The zero-order valence-corrected chi connectivity index (χ0v) is 14.2. The van der Waals surface area contributed by atoms with Crippen molar-refractivity contribution >= 4 is 23.0 Å². The van der Waals surface area contributed by atoms with Gasteiger partial charge in [-0.15, -0.1) is 0 Å². The predicted molar refractivity (Wildman–Crippen MR) is 93.2 cm³/mol. The van der Waals surface area contributed by atoms with E-state index in [0.29, 0.717) is 30.0 Å². The normalized spacial score (nSPS) is 14.0. The van der Waals surface area contributed by atoms with E-state index in [1.165, 1.54) is 12.1 Å². The first-order valence-corrected chi connectivity index (χ1v) is 8.07. The van der Waals surface area contributed by atoms with Crippen LogP contribution in [-0.2, 0) is 11.4 Å².